The molecule has 0 spiro atoms. The van der Waals surface area contributed by atoms with E-state index in [1.807, 2.05) is 42.5 Å². The number of hydrogen-bond donors (Lipinski definition) is 0. The van der Waals surface area contributed by atoms with E-state index in [1.54, 1.807) is 0 Å². The highest BCUT2D eigenvalue weighted by Gasteiger charge is 2.32. The topological polar surface area (TPSA) is 63.7 Å². The SMILES string of the molecule is O=C(CCC1=C/C=C\C=C/C=C1)ON1C(=O)CCC1=O. The van der Waals surface area contributed by atoms with Gasteiger partial charge in [0, 0.05) is 12.8 Å². The molecule has 5 heteroatoms. The molecule has 0 aromatic rings. The zero-order chi connectivity index (χ0) is 14.4. The van der Waals surface area contributed by atoms with E-state index >= 15 is 0 Å². The molecule has 2 aliphatic rings. The number of carbonyl (C=O) groups is 3. The maximum Gasteiger partial charge on any atom is 0.333 e. The van der Waals surface area contributed by atoms with Crippen molar-refractivity contribution in [1.82, 2.24) is 5.06 Å². The molecule has 0 unspecified atom stereocenters. The zero-order valence-corrected chi connectivity index (χ0v) is 11.0. The highest BCUT2D eigenvalue weighted by molar-refractivity contribution is 6.01. The van der Waals surface area contributed by atoms with Crippen LogP contribution in [0.4, 0.5) is 0 Å². The highest BCUT2D eigenvalue weighted by Crippen LogP contribution is 2.15. The minimum atomic E-state index is -0.579. The molecule has 104 valence electrons. The van der Waals surface area contributed by atoms with Crippen LogP contribution in [0.15, 0.2) is 48.1 Å². The molecule has 2 amide bonds. The predicted octanol–water partition coefficient (Wildman–Crippen LogP) is 1.98. The molecule has 0 atom stereocenters. The van der Waals surface area contributed by atoms with Crippen molar-refractivity contribution in [3.05, 3.63) is 48.1 Å². The Hall–Kier alpha value is -2.43. The molecule has 0 aromatic carbocycles. The van der Waals surface area contributed by atoms with Crippen LogP contribution in [0.5, 0.6) is 0 Å². The van der Waals surface area contributed by atoms with Crippen molar-refractivity contribution >= 4 is 17.8 Å². The second-order valence-electron chi connectivity index (χ2n) is 4.42. The third-order valence-corrected chi connectivity index (χ3v) is 2.88. The van der Waals surface area contributed by atoms with Crippen LogP contribution in [0.2, 0.25) is 0 Å². The molecular weight excluding hydrogens is 258 g/mol. The van der Waals surface area contributed by atoms with E-state index in [4.69, 9.17) is 4.84 Å². The van der Waals surface area contributed by atoms with E-state index in [1.165, 1.54) is 0 Å². The summed E-state index contributed by atoms with van der Waals surface area (Å²) in [5.74, 6) is -1.49. The van der Waals surface area contributed by atoms with Crippen molar-refractivity contribution in [1.29, 1.82) is 0 Å². The second kappa shape index (κ2) is 6.65. The van der Waals surface area contributed by atoms with Crippen molar-refractivity contribution in [2.45, 2.75) is 25.7 Å². The van der Waals surface area contributed by atoms with Crippen LogP contribution in [-0.2, 0) is 19.2 Å². The standard InChI is InChI=1S/C15H15NO4/c17-13-9-10-14(18)16(13)20-15(19)11-8-12-6-4-2-1-3-5-7-12/h1-7H,8-11H2/b2-1-,3-1?,4-2?,5-3-,6-4?,7-5?,12-6?,12-7?. The first-order chi connectivity index (χ1) is 9.66. The van der Waals surface area contributed by atoms with Crippen LogP contribution in [0.25, 0.3) is 0 Å². The van der Waals surface area contributed by atoms with Gasteiger partial charge in [-0.1, -0.05) is 42.5 Å². The number of amides is 2. The minimum absolute atomic E-state index is 0.108. The fraction of sp³-hybridized carbons (Fsp3) is 0.267. The van der Waals surface area contributed by atoms with Crippen molar-refractivity contribution in [3.63, 3.8) is 0 Å². The van der Waals surface area contributed by atoms with Gasteiger partial charge in [0.2, 0.25) is 0 Å². The van der Waals surface area contributed by atoms with Gasteiger partial charge in [-0.3, -0.25) is 9.59 Å². The van der Waals surface area contributed by atoms with Gasteiger partial charge in [-0.15, -0.1) is 5.06 Å². The quantitative estimate of drug-likeness (QED) is 0.735. The molecule has 1 saturated heterocycles. The summed E-state index contributed by atoms with van der Waals surface area (Å²) >= 11 is 0. The first-order valence-electron chi connectivity index (χ1n) is 6.44. The predicted molar refractivity (Wildman–Crippen MR) is 71.9 cm³/mol. The molecule has 0 radical (unpaired) electrons. The first-order valence-corrected chi connectivity index (χ1v) is 6.44. The Morgan fingerprint density at radius 3 is 2.45 bits per heavy atom. The summed E-state index contributed by atoms with van der Waals surface area (Å²) in [6.07, 6.45) is 14.1. The summed E-state index contributed by atoms with van der Waals surface area (Å²) in [6.45, 7) is 0. The van der Waals surface area contributed by atoms with Crippen LogP contribution in [0.3, 0.4) is 0 Å². The fourth-order valence-electron chi connectivity index (χ4n) is 1.82. The number of rotatable bonds is 4. The molecule has 5 nitrogen and oxygen atoms in total. The van der Waals surface area contributed by atoms with E-state index in [-0.39, 0.29) is 19.3 Å². The van der Waals surface area contributed by atoms with Gasteiger partial charge in [-0.05, 0) is 12.0 Å². The van der Waals surface area contributed by atoms with Crippen LogP contribution in [0.1, 0.15) is 25.7 Å². The lowest BCUT2D eigenvalue weighted by atomic mass is 10.1. The van der Waals surface area contributed by atoms with E-state index < -0.39 is 17.8 Å². The zero-order valence-electron chi connectivity index (χ0n) is 11.0. The van der Waals surface area contributed by atoms with Crippen LogP contribution < -0.4 is 0 Å². The Kier molecular flexibility index (Phi) is 4.65. The van der Waals surface area contributed by atoms with Crippen molar-refractivity contribution in [3.8, 4) is 0 Å². The Bertz CT molecular complexity index is 524. The van der Waals surface area contributed by atoms with Gasteiger partial charge in [-0.25, -0.2) is 4.79 Å². The average Bonchev–Trinajstić information content (AvgIpc) is 2.69. The summed E-state index contributed by atoms with van der Waals surface area (Å²) in [5.41, 5.74) is 0.974. The lowest BCUT2D eigenvalue weighted by molar-refractivity contribution is -0.197. The summed E-state index contributed by atoms with van der Waals surface area (Å²) in [6, 6.07) is 0. The van der Waals surface area contributed by atoms with Crippen molar-refractivity contribution < 1.29 is 19.2 Å². The molecule has 0 saturated carbocycles. The smallest absolute Gasteiger partial charge is 0.330 e. The molecule has 1 heterocycles. The highest BCUT2D eigenvalue weighted by atomic mass is 16.7. The fourth-order valence-corrected chi connectivity index (χ4v) is 1.82. The number of nitrogens with zero attached hydrogens (tertiary/aromatic N) is 1. The summed E-state index contributed by atoms with van der Waals surface area (Å²) in [4.78, 5) is 39.0. The third-order valence-electron chi connectivity index (χ3n) is 2.88. The molecular formula is C15H15NO4. The second-order valence-corrected chi connectivity index (χ2v) is 4.42. The lowest BCUT2D eigenvalue weighted by Crippen LogP contribution is -2.31. The van der Waals surface area contributed by atoms with Crippen LogP contribution in [-0.4, -0.2) is 22.8 Å². The maximum atomic E-state index is 11.6. The number of allylic oxidation sites excluding steroid dienone is 8. The summed E-state index contributed by atoms with van der Waals surface area (Å²) in [5, 5.41) is 0.577. The van der Waals surface area contributed by atoms with Crippen LogP contribution >= 0.6 is 0 Å². The Morgan fingerprint density at radius 2 is 1.70 bits per heavy atom. The van der Waals surface area contributed by atoms with Gasteiger partial charge in [0.1, 0.15) is 0 Å². The number of imide groups is 1. The van der Waals surface area contributed by atoms with Gasteiger partial charge in [-0.2, -0.15) is 0 Å². The van der Waals surface area contributed by atoms with Gasteiger partial charge in [0.05, 0.1) is 6.42 Å². The molecule has 2 rings (SSSR count). The number of carbonyl (C=O) groups excluding carboxylic acids is 3. The average molecular weight is 273 g/mol. The maximum absolute atomic E-state index is 11.6. The van der Waals surface area contributed by atoms with E-state index in [9.17, 15) is 14.4 Å². The van der Waals surface area contributed by atoms with Gasteiger partial charge in [0.25, 0.3) is 11.8 Å². The third kappa shape index (κ3) is 3.78. The molecule has 0 bridgehead atoms. The van der Waals surface area contributed by atoms with Gasteiger partial charge < -0.3 is 4.84 Å². The Balaban J connectivity index is 1.83. The Morgan fingerprint density at radius 1 is 1.05 bits per heavy atom. The van der Waals surface area contributed by atoms with Crippen molar-refractivity contribution in [2.75, 3.05) is 0 Å². The molecule has 1 aliphatic heterocycles. The largest absolute Gasteiger partial charge is 0.333 e. The minimum Gasteiger partial charge on any atom is -0.330 e. The molecule has 20 heavy (non-hydrogen) atoms. The van der Waals surface area contributed by atoms with E-state index in [0.29, 0.717) is 11.5 Å². The lowest BCUT2D eigenvalue weighted by Gasteiger charge is -2.12. The summed E-state index contributed by atoms with van der Waals surface area (Å²) in [7, 11) is 0. The monoisotopic (exact) mass is 273 g/mol. The first kappa shape index (κ1) is 14.0. The van der Waals surface area contributed by atoms with Gasteiger partial charge in [0.15, 0.2) is 0 Å². The number of hydrogen-bond acceptors (Lipinski definition) is 4. The molecule has 1 aliphatic carbocycles. The Labute approximate surface area is 116 Å². The van der Waals surface area contributed by atoms with Crippen LogP contribution in [0, 0.1) is 0 Å². The normalized spacial score (nSPS) is 21.2. The van der Waals surface area contributed by atoms with Gasteiger partial charge >= 0.3 is 5.97 Å². The van der Waals surface area contributed by atoms with Crippen molar-refractivity contribution in [2.24, 2.45) is 0 Å². The molecule has 0 aromatic heterocycles. The number of hydroxylamine groups is 2. The molecule has 1 fully saturated rings. The molecule has 0 N–H and O–H groups in total. The summed E-state index contributed by atoms with van der Waals surface area (Å²) < 4.78 is 0. The van der Waals surface area contributed by atoms with E-state index in [2.05, 4.69) is 0 Å². The van der Waals surface area contributed by atoms with E-state index in [0.717, 1.165) is 5.57 Å².